The van der Waals surface area contributed by atoms with Crippen molar-refractivity contribution in [3.63, 3.8) is 0 Å². The molecule has 96 valence electrons. The number of para-hydroxylation sites is 1. The maximum absolute atomic E-state index is 10.4. The lowest BCUT2D eigenvalue weighted by Crippen LogP contribution is -1.96. The van der Waals surface area contributed by atoms with Crippen molar-refractivity contribution in [3.8, 4) is 5.75 Å². The maximum Gasteiger partial charge on any atom is 0.142 e. The standard InChI is InChI=1S/C16H13BrO2/c17-15-9-7-13(8-10-15)12-19-16-6-2-1-4-14(16)5-3-11-18/h1-11H,12H2/b5-3+. The lowest BCUT2D eigenvalue weighted by atomic mass is 10.2. The molecule has 2 nitrogen and oxygen atoms in total. The van der Waals surface area contributed by atoms with Gasteiger partial charge in [0.2, 0.25) is 0 Å². The summed E-state index contributed by atoms with van der Waals surface area (Å²) in [5, 5.41) is 0. The van der Waals surface area contributed by atoms with Crippen molar-refractivity contribution in [2.45, 2.75) is 6.61 Å². The molecule has 0 aliphatic rings. The molecule has 0 saturated heterocycles. The van der Waals surface area contributed by atoms with Gasteiger partial charge in [0.25, 0.3) is 0 Å². The largest absolute Gasteiger partial charge is 0.488 e. The van der Waals surface area contributed by atoms with Crippen LogP contribution >= 0.6 is 15.9 Å². The molecule has 3 heteroatoms. The molecule has 0 aromatic heterocycles. The molecule has 0 aliphatic carbocycles. The zero-order valence-corrected chi connectivity index (χ0v) is 11.8. The Morgan fingerprint density at radius 3 is 2.53 bits per heavy atom. The Kier molecular flexibility index (Phi) is 4.93. The van der Waals surface area contributed by atoms with Crippen LogP contribution in [-0.2, 0) is 11.4 Å². The molecule has 0 atom stereocenters. The molecule has 2 aromatic rings. The highest BCUT2D eigenvalue weighted by Gasteiger charge is 2.00. The molecule has 0 spiro atoms. The van der Waals surface area contributed by atoms with Gasteiger partial charge in [-0.25, -0.2) is 0 Å². The second-order valence-electron chi connectivity index (χ2n) is 3.95. The van der Waals surface area contributed by atoms with Gasteiger partial charge >= 0.3 is 0 Å². The molecule has 0 aliphatic heterocycles. The summed E-state index contributed by atoms with van der Waals surface area (Å²) in [4.78, 5) is 10.4. The molecular formula is C16H13BrO2. The summed E-state index contributed by atoms with van der Waals surface area (Å²) in [6, 6.07) is 15.6. The van der Waals surface area contributed by atoms with Crippen molar-refractivity contribution in [1.82, 2.24) is 0 Å². The Balaban J connectivity index is 2.08. The van der Waals surface area contributed by atoms with E-state index in [1.54, 1.807) is 6.08 Å². The van der Waals surface area contributed by atoms with Gasteiger partial charge in [0.15, 0.2) is 0 Å². The SMILES string of the molecule is O=C/C=C/c1ccccc1OCc1ccc(Br)cc1. The fraction of sp³-hybridized carbons (Fsp3) is 0.0625. The van der Waals surface area contributed by atoms with Crippen LogP contribution in [-0.4, -0.2) is 6.29 Å². The van der Waals surface area contributed by atoms with Crippen LogP contribution in [0.4, 0.5) is 0 Å². The third-order valence-electron chi connectivity index (χ3n) is 2.58. The molecular weight excluding hydrogens is 304 g/mol. The lowest BCUT2D eigenvalue weighted by Gasteiger charge is -2.09. The average Bonchev–Trinajstić information content (AvgIpc) is 2.45. The summed E-state index contributed by atoms with van der Waals surface area (Å²) < 4.78 is 6.82. The number of allylic oxidation sites excluding steroid dienone is 1. The molecule has 2 aromatic carbocycles. The number of carbonyl (C=O) groups is 1. The van der Waals surface area contributed by atoms with E-state index in [0.29, 0.717) is 6.61 Å². The molecule has 0 bridgehead atoms. The Morgan fingerprint density at radius 2 is 1.79 bits per heavy atom. The molecule has 0 fully saturated rings. The van der Waals surface area contributed by atoms with Crippen molar-refractivity contribution >= 4 is 28.3 Å². The Bertz CT molecular complexity index is 574. The number of ether oxygens (including phenoxy) is 1. The first-order valence-corrected chi connectivity index (χ1v) is 6.67. The van der Waals surface area contributed by atoms with Crippen molar-refractivity contribution in [1.29, 1.82) is 0 Å². The zero-order chi connectivity index (χ0) is 13.5. The van der Waals surface area contributed by atoms with Gasteiger partial charge < -0.3 is 4.74 Å². The highest BCUT2D eigenvalue weighted by atomic mass is 79.9. The molecule has 19 heavy (non-hydrogen) atoms. The average molecular weight is 317 g/mol. The van der Waals surface area contributed by atoms with Gasteiger partial charge in [0.1, 0.15) is 18.6 Å². The molecule has 0 saturated carbocycles. The summed E-state index contributed by atoms with van der Waals surface area (Å²) >= 11 is 3.40. The number of halogens is 1. The highest BCUT2D eigenvalue weighted by Crippen LogP contribution is 2.21. The third kappa shape index (κ3) is 4.07. The topological polar surface area (TPSA) is 26.3 Å². The van der Waals surface area contributed by atoms with Crippen molar-refractivity contribution in [3.05, 3.63) is 70.2 Å². The monoisotopic (exact) mass is 316 g/mol. The summed E-state index contributed by atoms with van der Waals surface area (Å²) in [6.07, 6.45) is 3.96. The number of carbonyl (C=O) groups excluding carboxylic acids is 1. The molecule has 0 heterocycles. The van der Waals surface area contributed by atoms with Gasteiger partial charge in [-0.2, -0.15) is 0 Å². The van der Waals surface area contributed by atoms with Gasteiger partial charge in [-0.1, -0.05) is 46.3 Å². The van der Waals surface area contributed by atoms with Crippen LogP contribution in [0.15, 0.2) is 59.1 Å². The van der Waals surface area contributed by atoms with Crippen LogP contribution in [0.25, 0.3) is 6.08 Å². The zero-order valence-electron chi connectivity index (χ0n) is 10.3. The summed E-state index contributed by atoms with van der Waals surface area (Å²) in [6.45, 7) is 0.499. The normalized spacial score (nSPS) is 10.6. The first-order valence-electron chi connectivity index (χ1n) is 5.88. The van der Waals surface area contributed by atoms with Gasteiger partial charge in [-0.15, -0.1) is 0 Å². The maximum atomic E-state index is 10.4. The summed E-state index contributed by atoms with van der Waals surface area (Å²) in [7, 11) is 0. The first-order chi connectivity index (χ1) is 9.29. The molecule has 0 N–H and O–H groups in total. The van der Waals surface area contributed by atoms with E-state index in [4.69, 9.17) is 4.74 Å². The van der Waals surface area contributed by atoms with Crippen molar-refractivity contribution in [2.75, 3.05) is 0 Å². The van der Waals surface area contributed by atoms with Crippen LogP contribution in [0, 0.1) is 0 Å². The highest BCUT2D eigenvalue weighted by molar-refractivity contribution is 9.10. The Labute approximate surface area is 120 Å². The predicted molar refractivity (Wildman–Crippen MR) is 80.0 cm³/mol. The quantitative estimate of drug-likeness (QED) is 0.609. The van der Waals surface area contributed by atoms with E-state index in [1.807, 2.05) is 48.5 Å². The van der Waals surface area contributed by atoms with Crippen LogP contribution in [0.2, 0.25) is 0 Å². The molecule has 0 unspecified atom stereocenters. The lowest BCUT2D eigenvalue weighted by molar-refractivity contribution is -0.104. The van der Waals surface area contributed by atoms with Crippen molar-refractivity contribution < 1.29 is 9.53 Å². The minimum absolute atomic E-state index is 0.499. The van der Waals surface area contributed by atoms with Crippen LogP contribution in [0.3, 0.4) is 0 Å². The van der Waals surface area contributed by atoms with Gasteiger partial charge in [0.05, 0.1) is 0 Å². The predicted octanol–water partition coefficient (Wildman–Crippen LogP) is 4.24. The summed E-state index contributed by atoms with van der Waals surface area (Å²) in [5.41, 5.74) is 1.99. The van der Waals surface area contributed by atoms with Crippen LogP contribution < -0.4 is 4.74 Å². The number of aldehydes is 1. The van der Waals surface area contributed by atoms with E-state index in [0.717, 1.165) is 27.6 Å². The molecule has 0 radical (unpaired) electrons. The fourth-order valence-electron chi connectivity index (χ4n) is 1.63. The Hall–Kier alpha value is -1.87. The third-order valence-corrected chi connectivity index (χ3v) is 3.11. The van der Waals surface area contributed by atoms with E-state index in [9.17, 15) is 4.79 Å². The van der Waals surface area contributed by atoms with Gasteiger partial charge in [-0.3, -0.25) is 4.79 Å². The molecule has 0 amide bonds. The van der Waals surface area contributed by atoms with Gasteiger partial charge in [-0.05, 0) is 35.9 Å². The smallest absolute Gasteiger partial charge is 0.142 e. The number of rotatable bonds is 5. The first kappa shape index (κ1) is 13.6. The van der Waals surface area contributed by atoms with Crippen molar-refractivity contribution in [2.24, 2.45) is 0 Å². The van der Waals surface area contributed by atoms with Crippen LogP contribution in [0.5, 0.6) is 5.75 Å². The Morgan fingerprint density at radius 1 is 1.05 bits per heavy atom. The van der Waals surface area contributed by atoms with E-state index in [1.165, 1.54) is 6.08 Å². The second-order valence-corrected chi connectivity index (χ2v) is 4.86. The second kappa shape index (κ2) is 6.90. The van der Waals surface area contributed by atoms with E-state index >= 15 is 0 Å². The fourth-order valence-corrected chi connectivity index (χ4v) is 1.90. The molecule has 2 rings (SSSR count). The minimum Gasteiger partial charge on any atom is -0.488 e. The number of benzene rings is 2. The summed E-state index contributed by atoms with van der Waals surface area (Å²) in [5.74, 6) is 0.767. The van der Waals surface area contributed by atoms with E-state index in [2.05, 4.69) is 15.9 Å². The number of hydrogen-bond donors (Lipinski definition) is 0. The van der Waals surface area contributed by atoms with E-state index < -0.39 is 0 Å². The van der Waals surface area contributed by atoms with E-state index in [-0.39, 0.29) is 0 Å². The minimum atomic E-state index is 0.499. The van der Waals surface area contributed by atoms with Crippen LogP contribution in [0.1, 0.15) is 11.1 Å². The van der Waals surface area contributed by atoms with Gasteiger partial charge in [0, 0.05) is 10.0 Å². The number of hydrogen-bond acceptors (Lipinski definition) is 2.